The fraction of sp³-hybridized carbons (Fsp3) is 0.471. The number of hydrogen-bond acceptors (Lipinski definition) is 3. The number of urea groups is 1. The van der Waals surface area contributed by atoms with Crippen LogP contribution in [0.25, 0.3) is 10.9 Å². The van der Waals surface area contributed by atoms with E-state index in [2.05, 4.69) is 15.2 Å². The van der Waals surface area contributed by atoms with Gasteiger partial charge in [-0.15, -0.1) is 0 Å². The number of rotatable bonds is 5. The van der Waals surface area contributed by atoms with E-state index in [-0.39, 0.29) is 12.1 Å². The molecule has 23 heavy (non-hydrogen) atoms. The van der Waals surface area contributed by atoms with Gasteiger partial charge in [0.05, 0.1) is 18.8 Å². The van der Waals surface area contributed by atoms with E-state index >= 15 is 0 Å². The van der Waals surface area contributed by atoms with Gasteiger partial charge >= 0.3 is 6.03 Å². The molecule has 1 aliphatic rings. The number of nitrogens with zero attached hydrogens (tertiary/aromatic N) is 1. The number of ether oxygens (including phenoxy) is 1. The molecule has 2 aromatic rings. The van der Waals surface area contributed by atoms with Crippen LogP contribution < -0.4 is 10.6 Å². The summed E-state index contributed by atoms with van der Waals surface area (Å²) >= 11 is 0. The van der Waals surface area contributed by atoms with Crippen LogP contribution in [-0.2, 0) is 11.3 Å². The van der Waals surface area contributed by atoms with Crippen molar-refractivity contribution in [3.63, 3.8) is 0 Å². The number of hydrogen-bond donors (Lipinski definition) is 3. The third-order valence-corrected chi connectivity index (χ3v) is 4.36. The summed E-state index contributed by atoms with van der Waals surface area (Å²) in [6, 6.07) is 7.43. The number of methoxy groups -OCH3 is 1. The standard InChI is InChI=1S/C17H23N3O3/c1-23-10-9-20-8-7-12-11-13(5-6-15(12)20)18-17(22)19-14-3-2-4-16(14)21/h5-8,11,14,16,21H,2-4,9-10H2,1H3,(H2,18,19,22)/t14-,16+/m0/s1. The summed E-state index contributed by atoms with van der Waals surface area (Å²) in [6.07, 6.45) is 4.12. The van der Waals surface area contributed by atoms with Gasteiger partial charge in [0.15, 0.2) is 0 Å². The second-order valence-electron chi connectivity index (χ2n) is 5.98. The number of carbonyl (C=O) groups excluding carboxylic acids is 1. The second kappa shape index (κ2) is 7.02. The van der Waals surface area contributed by atoms with Crippen LogP contribution in [0.2, 0.25) is 0 Å². The number of aliphatic hydroxyl groups is 1. The normalized spacial score (nSPS) is 20.8. The summed E-state index contributed by atoms with van der Waals surface area (Å²) in [6.45, 7) is 1.46. The molecule has 3 N–H and O–H groups in total. The van der Waals surface area contributed by atoms with Crippen LogP contribution in [-0.4, -0.2) is 41.6 Å². The molecule has 2 amide bonds. The van der Waals surface area contributed by atoms with Crippen molar-refractivity contribution in [2.45, 2.75) is 38.0 Å². The number of aromatic nitrogens is 1. The first-order chi connectivity index (χ1) is 11.2. The summed E-state index contributed by atoms with van der Waals surface area (Å²) in [5, 5.41) is 16.5. The maximum atomic E-state index is 12.0. The molecular formula is C17H23N3O3. The number of fused-ring (bicyclic) bond motifs is 1. The minimum atomic E-state index is -0.432. The Hall–Kier alpha value is -2.05. The molecule has 1 aliphatic carbocycles. The summed E-state index contributed by atoms with van der Waals surface area (Å²) in [5.74, 6) is 0. The zero-order valence-corrected chi connectivity index (χ0v) is 13.3. The van der Waals surface area contributed by atoms with Crippen molar-refractivity contribution < 1.29 is 14.6 Å². The predicted molar refractivity (Wildman–Crippen MR) is 89.6 cm³/mol. The van der Waals surface area contributed by atoms with E-state index in [0.717, 1.165) is 42.4 Å². The Kier molecular flexibility index (Phi) is 4.83. The minimum absolute atomic E-state index is 0.145. The zero-order chi connectivity index (χ0) is 16.2. The highest BCUT2D eigenvalue weighted by atomic mass is 16.5. The smallest absolute Gasteiger partial charge is 0.319 e. The van der Waals surface area contributed by atoms with Gasteiger partial charge in [0.2, 0.25) is 0 Å². The van der Waals surface area contributed by atoms with Crippen molar-refractivity contribution in [2.24, 2.45) is 0 Å². The average Bonchev–Trinajstić information content (AvgIpc) is 3.11. The summed E-state index contributed by atoms with van der Waals surface area (Å²) < 4.78 is 7.23. The van der Waals surface area contributed by atoms with Crippen molar-refractivity contribution in [3.8, 4) is 0 Å². The van der Waals surface area contributed by atoms with E-state index in [0.29, 0.717) is 6.61 Å². The largest absolute Gasteiger partial charge is 0.391 e. The maximum absolute atomic E-state index is 12.0. The molecule has 1 heterocycles. The first-order valence-corrected chi connectivity index (χ1v) is 8.01. The number of nitrogens with one attached hydrogen (secondary N) is 2. The Morgan fingerprint density at radius 3 is 3.00 bits per heavy atom. The first-order valence-electron chi connectivity index (χ1n) is 8.01. The lowest BCUT2D eigenvalue weighted by atomic mass is 10.2. The van der Waals surface area contributed by atoms with E-state index in [1.807, 2.05) is 30.5 Å². The molecule has 0 bridgehead atoms. The van der Waals surface area contributed by atoms with E-state index < -0.39 is 6.10 Å². The van der Waals surface area contributed by atoms with Gasteiger partial charge in [-0.05, 0) is 43.5 Å². The third-order valence-electron chi connectivity index (χ3n) is 4.36. The van der Waals surface area contributed by atoms with Gasteiger partial charge in [0.1, 0.15) is 0 Å². The quantitative estimate of drug-likeness (QED) is 0.792. The number of aliphatic hydroxyl groups excluding tert-OH is 1. The van der Waals surface area contributed by atoms with Gasteiger partial charge in [0, 0.05) is 36.4 Å². The minimum Gasteiger partial charge on any atom is -0.391 e. The van der Waals surface area contributed by atoms with Crippen LogP contribution in [0.15, 0.2) is 30.5 Å². The summed E-state index contributed by atoms with van der Waals surface area (Å²) in [7, 11) is 1.69. The molecule has 6 nitrogen and oxygen atoms in total. The molecule has 0 spiro atoms. The van der Waals surface area contributed by atoms with Gasteiger partial charge in [-0.2, -0.15) is 0 Å². The topological polar surface area (TPSA) is 75.5 Å². The second-order valence-corrected chi connectivity index (χ2v) is 5.98. The lowest BCUT2D eigenvalue weighted by Gasteiger charge is -2.17. The van der Waals surface area contributed by atoms with Crippen LogP contribution in [0.4, 0.5) is 10.5 Å². The average molecular weight is 317 g/mol. The Morgan fingerprint density at radius 1 is 1.39 bits per heavy atom. The first kappa shape index (κ1) is 15.8. The Labute approximate surface area is 135 Å². The fourth-order valence-corrected chi connectivity index (χ4v) is 3.11. The molecule has 0 radical (unpaired) electrons. The predicted octanol–water partition coefficient (Wildman–Crippen LogP) is 2.32. The van der Waals surface area contributed by atoms with E-state index in [1.165, 1.54) is 0 Å². The van der Waals surface area contributed by atoms with Gasteiger partial charge < -0.3 is 25.0 Å². The lowest BCUT2D eigenvalue weighted by molar-refractivity contribution is 0.151. The van der Waals surface area contributed by atoms with E-state index in [4.69, 9.17) is 4.74 Å². The van der Waals surface area contributed by atoms with Crippen molar-refractivity contribution in [2.75, 3.05) is 19.0 Å². The molecule has 1 saturated carbocycles. The summed E-state index contributed by atoms with van der Waals surface area (Å²) in [5.41, 5.74) is 1.85. The number of amides is 2. The molecule has 124 valence electrons. The van der Waals surface area contributed by atoms with Crippen molar-refractivity contribution in [1.82, 2.24) is 9.88 Å². The Bertz CT molecular complexity index is 683. The molecule has 6 heteroatoms. The van der Waals surface area contributed by atoms with Crippen LogP contribution >= 0.6 is 0 Å². The van der Waals surface area contributed by atoms with Crippen molar-refractivity contribution in [1.29, 1.82) is 0 Å². The number of anilines is 1. The molecule has 1 aromatic carbocycles. The molecule has 0 unspecified atom stereocenters. The van der Waals surface area contributed by atoms with Gasteiger partial charge in [-0.3, -0.25) is 0 Å². The highest BCUT2D eigenvalue weighted by Gasteiger charge is 2.26. The van der Waals surface area contributed by atoms with Crippen LogP contribution in [0.1, 0.15) is 19.3 Å². The van der Waals surface area contributed by atoms with Crippen molar-refractivity contribution >= 4 is 22.6 Å². The van der Waals surface area contributed by atoms with E-state index in [1.54, 1.807) is 7.11 Å². The highest BCUT2D eigenvalue weighted by molar-refractivity contribution is 5.93. The fourth-order valence-electron chi connectivity index (χ4n) is 3.11. The highest BCUT2D eigenvalue weighted by Crippen LogP contribution is 2.21. The Morgan fingerprint density at radius 2 is 2.26 bits per heavy atom. The molecular weight excluding hydrogens is 294 g/mol. The summed E-state index contributed by atoms with van der Waals surface area (Å²) in [4.78, 5) is 12.0. The van der Waals surface area contributed by atoms with Gasteiger partial charge in [0.25, 0.3) is 0 Å². The number of benzene rings is 1. The van der Waals surface area contributed by atoms with Gasteiger partial charge in [-0.25, -0.2) is 4.79 Å². The van der Waals surface area contributed by atoms with Gasteiger partial charge in [-0.1, -0.05) is 0 Å². The zero-order valence-electron chi connectivity index (χ0n) is 13.3. The molecule has 1 aromatic heterocycles. The number of carbonyl (C=O) groups is 1. The van der Waals surface area contributed by atoms with Crippen LogP contribution in [0, 0.1) is 0 Å². The molecule has 1 fully saturated rings. The third kappa shape index (κ3) is 3.65. The molecule has 0 saturated heterocycles. The monoisotopic (exact) mass is 317 g/mol. The van der Waals surface area contributed by atoms with E-state index in [9.17, 15) is 9.90 Å². The van der Waals surface area contributed by atoms with Crippen molar-refractivity contribution in [3.05, 3.63) is 30.5 Å². The maximum Gasteiger partial charge on any atom is 0.319 e. The lowest BCUT2D eigenvalue weighted by Crippen LogP contribution is -2.42. The SMILES string of the molecule is COCCn1ccc2cc(NC(=O)N[C@H]3CCC[C@H]3O)ccc21. The molecule has 2 atom stereocenters. The molecule has 0 aliphatic heterocycles. The Balaban J connectivity index is 1.65. The molecule has 3 rings (SSSR count). The van der Waals surface area contributed by atoms with Crippen LogP contribution in [0.5, 0.6) is 0 Å². The van der Waals surface area contributed by atoms with Crippen LogP contribution in [0.3, 0.4) is 0 Å².